The number of phenols is 1. The Morgan fingerprint density at radius 3 is 1.66 bits per heavy atom. The summed E-state index contributed by atoms with van der Waals surface area (Å²) < 4.78 is 6.73. The van der Waals surface area contributed by atoms with Gasteiger partial charge >= 0.3 is 0 Å². The summed E-state index contributed by atoms with van der Waals surface area (Å²) in [5.41, 5.74) is 5.83. The normalized spacial score (nSPS) is 25.8. The standard InChI is InChI=1S/C60H61N5O17/c1-64(2)46-35-23-29-21-33-31(11-13-37(68)42(33)48(69)40(29)52(73)59(35,80)54(75)44(50(46)71)56(61)77)26-10-14-38(27(19-26)9-6-17-66)82-39-15-12-32(25-7-5-8-28(20-25)58(79)63-16-18-67)34-22-30-24-36-47(65(3)4)51(72)45(57(62)78)55(76)60(36,81)53(74)41(30)49(70)43(34)39/h5,7-8,10-15,19-20,29-30,35-36,46-47,66-68,71-74,80-81H,6,9,16-18,21-24H2,1-4H3,(H2,61,77)(H2,62,78)(H,63,79)/t29-,30-,35-,36-,46-,47-,59-,60-/m0/s1. The summed E-state index contributed by atoms with van der Waals surface area (Å²) in [6.45, 7) is -0.586. The molecule has 0 saturated carbocycles. The number of aliphatic hydroxyl groups excluding tert-OH is 6. The molecule has 3 amide bonds. The number of ether oxygens (including phenoxy) is 1. The summed E-state index contributed by atoms with van der Waals surface area (Å²) in [6, 6.07) is 15.1. The van der Waals surface area contributed by atoms with Crippen molar-refractivity contribution in [3.05, 3.63) is 145 Å². The molecule has 0 unspecified atom stereocenters. The number of ketones is 4. The molecular weight excluding hydrogens is 1060 g/mol. The molecule has 6 aliphatic rings. The summed E-state index contributed by atoms with van der Waals surface area (Å²) in [7, 11) is 6.13. The van der Waals surface area contributed by atoms with Crippen molar-refractivity contribution in [3.8, 4) is 39.5 Å². The second-order valence-electron chi connectivity index (χ2n) is 22.2. The molecule has 4 aromatic rings. The van der Waals surface area contributed by atoms with Crippen LogP contribution in [0.4, 0.5) is 0 Å². The number of hydrogen-bond acceptors (Lipinski definition) is 19. The molecule has 0 fully saturated rings. The molecular formula is C60H61N5O17. The maximum atomic E-state index is 15.5. The molecule has 22 nitrogen and oxygen atoms in total. The molecule has 82 heavy (non-hydrogen) atoms. The first-order valence-electron chi connectivity index (χ1n) is 26.6. The van der Waals surface area contributed by atoms with Gasteiger partial charge in [0.25, 0.3) is 17.7 Å². The molecule has 14 N–H and O–H groups in total. The lowest BCUT2D eigenvalue weighted by Crippen LogP contribution is -2.63. The average Bonchev–Trinajstić information content (AvgIpc) is 2.73. The summed E-state index contributed by atoms with van der Waals surface area (Å²) in [5.74, 6) is -15.8. The SMILES string of the molecule is CN(C)[C@@H]1C(O)=C(C(N)=O)C(=O)[C@@]2(O)C(O)=C3C(=O)c4c(O)ccc(-c5ccc(Oc6ccc(-c7cccc(C(=O)NCCO)c7)c7c6C(=O)C6=C(O)[C@]8(O)C(=O)C(C(N)=O)=C(O)[C@@H](N(C)C)[C@@H]8C[C@@H]6C7)c(CCCO)c5)c4C[C@H]3C[C@@H]12. The van der Waals surface area contributed by atoms with Gasteiger partial charge in [0.15, 0.2) is 22.8 Å². The number of nitrogens with zero attached hydrogens (tertiary/aromatic N) is 2. The smallest absolute Gasteiger partial charge is 0.255 e. The van der Waals surface area contributed by atoms with Crippen LogP contribution >= 0.6 is 0 Å². The number of carbonyl (C=O) groups is 7. The van der Waals surface area contributed by atoms with Crippen LogP contribution in [0.5, 0.6) is 17.2 Å². The number of carbonyl (C=O) groups excluding carboxylic acids is 7. The first kappa shape index (κ1) is 56.8. The van der Waals surface area contributed by atoms with Crippen molar-refractivity contribution in [1.29, 1.82) is 0 Å². The number of allylic oxidation sites excluding steroid dienone is 2. The number of fused-ring (bicyclic) bond motifs is 6. The number of rotatable bonds is 14. The monoisotopic (exact) mass is 1120 g/mol. The zero-order valence-corrected chi connectivity index (χ0v) is 45.0. The fraction of sp³-hybridized carbons (Fsp3) is 0.350. The molecule has 0 heterocycles. The predicted octanol–water partition coefficient (Wildman–Crippen LogP) is 2.62. The van der Waals surface area contributed by atoms with Gasteiger partial charge in [0.05, 0.1) is 29.8 Å². The molecule has 0 aliphatic heterocycles. The van der Waals surface area contributed by atoms with Crippen molar-refractivity contribution < 1.29 is 84.3 Å². The van der Waals surface area contributed by atoms with E-state index in [4.69, 9.17) is 16.2 Å². The third-order valence-corrected chi connectivity index (χ3v) is 17.2. The van der Waals surface area contributed by atoms with Crippen molar-refractivity contribution in [2.24, 2.45) is 35.1 Å². The van der Waals surface area contributed by atoms with E-state index >= 15 is 4.79 Å². The number of primary amides is 2. The van der Waals surface area contributed by atoms with Crippen LogP contribution in [0.15, 0.2) is 112 Å². The lowest BCUT2D eigenvalue weighted by Gasteiger charge is -2.50. The van der Waals surface area contributed by atoms with Crippen LogP contribution in [0.1, 0.15) is 67.0 Å². The van der Waals surface area contributed by atoms with E-state index in [9.17, 15) is 74.7 Å². The second-order valence-corrected chi connectivity index (χ2v) is 22.2. The number of benzene rings is 4. The largest absolute Gasteiger partial charge is 0.510 e. The maximum absolute atomic E-state index is 15.5. The van der Waals surface area contributed by atoms with E-state index in [1.165, 1.54) is 50.1 Å². The zero-order valence-electron chi connectivity index (χ0n) is 45.0. The molecule has 0 radical (unpaired) electrons. The Kier molecular flexibility index (Phi) is 14.4. The Labute approximate surface area is 468 Å². The number of aromatic hydroxyl groups is 1. The van der Waals surface area contributed by atoms with Crippen LogP contribution in [0.2, 0.25) is 0 Å². The van der Waals surface area contributed by atoms with Crippen molar-refractivity contribution in [2.75, 3.05) is 47.9 Å². The van der Waals surface area contributed by atoms with Crippen molar-refractivity contribution in [2.45, 2.75) is 61.8 Å². The van der Waals surface area contributed by atoms with Gasteiger partial charge in [-0.05, 0) is 154 Å². The number of nitrogens with one attached hydrogen (secondary N) is 1. The molecule has 428 valence electrons. The van der Waals surface area contributed by atoms with Crippen molar-refractivity contribution in [3.63, 3.8) is 0 Å². The minimum atomic E-state index is -2.89. The number of likely N-dealkylation sites (N-methyl/N-ethyl adjacent to an activating group) is 2. The van der Waals surface area contributed by atoms with Gasteiger partial charge in [-0.15, -0.1) is 0 Å². The number of Topliss-reactive ketones (excluding diaryl/α,β-unsaturated/α-hetero) is 4. The lowest BCUT2D eigenvalue weighted by molar-refractivity contribution is -0.149. The van der Waals surface area contributed by atoms with E-state index in [0.29, 0.717) is 38.9 Å². The average molecular weight is 1120 g/mol. The van der Waals surface area contributed by atoms with E-state index < -0.39 is 128 Å². The highest BCUT2D eigenvalue weighted by Crippen LogP contribution is 2.56. The number of amides is 3. The second kappa shape index (κ2) is 20.8. The molecule has 8 atom stereocenters. The van der Waals surface area contributed by atoms with Gasteiger partial charge < -0.3 is 67.5 Å². The third kappa shape index (κ3) is 8.49. The summed E-state index contributed by atoms with van der Waals surface area (Å²) in [4.78, 5) is 99.4. The highest BCUT2D eigenvalue weighted by atomic mass is 16.5. The van der Waals surface area contributed by atoms with Gasteiger partial charge in [-0.25, -0.2) is 0 Å². The van der Waals surface area contributed by atoms with E-state index in [1.807, 2.05) is 0 Å². The predicted molar refractivity (Wildman–Crippen MR) is 291 cm³/mol. The van der Waals surface area contributed by atoms with E-state index in [1.54, 1.807) is 54.6 Å². The number of hydrogen-bond donors (Lipinski definition) is 12. The van der Waals surface area contributed by atoms with Crippen LogP contribution in [0, 0.1) is 23.7 Å². The number of nitrogens with two attached hydrogens (primary N) is 2. The van der Waals surface area contributed by atoms with Gasteiger partial charge in [-0.3, -0.25) is 43.4 Å². The van der Waals surface area contributed by atoms with Gasteiger partial charge in [-0.2, -0.15) is 0 Å². The summed E-state index contributed by atoms with van der Waals surface area (Å²) >= 11 is 0. The molecule has 22 heteroatoms. The Balaban J connectivity index is 1.09. The van der Waals surface area contributed by atoms with E-state index in [2.05, 4.69) is 5.32 Å². The minimum absolute atomic E-state index is 0.0152. The highest BCUT2D eigenvalue weighted by molar-refractivity contribution is 6.26. The van der Waals surface area contributed by atoms with Gasteiger partial charge in [0.2, 0.25) is 11.6 Å². The Hall–Kier alpha value is -8.51. The number of aryl methyl sites for hydroxylation is 1. The Morgan fingerprint density at radius 1 is 0.646 bits per heavy atom. The maximum Gasteiger partial charge on any atom is 0.255 e. The molecule has 4 aromatic carbocycles. The molecule has 6 aliphatic carbocycles. The van der Waals surface area contributed by atoms with Crippen molar-refractivity contribution in [1.82, 2.24) is 15.1 Å². The molecule has 0 spiro atoms. The molecule has 0 bridgehead atoms. The van der Waals surface area contributed by atoms with E-state index in [-0.39, 0.29) is 97.6 Å². The van der Waals surface area contributed by atoms with Crippen LogP contribution in [0.25, 0.3) is 22.3 Å². The summed E-state index contributed by atoms with van der Waals surface area (Å²) in [6.07, 6.45) is 0.0251. The van der Waals surface area contributed by atoms with Crippen LogP contribution in [-0.4, -0.2) is 168 Å². The Morgan fingerprint density at radius 2 is 1.15 bits per heavy atom. The topological polar surface area (TPSA) is 381 Å². The van der Waals surface area contributed by atoms with Crippen LogP contribution < -0.4 is 21.5 Å². The Bertz CT molecular complexity index is 3650. The minimum Gasteiger partial charge on any atom is -0.510 e. The van der Waals surface area contributed by atoms with Crippen molar-refractivity contribution >= 4 is 40.9 Å². The molecule has 0 saturated heterocycles. The number of phenolic OH excluding ortho intramolecular Hbond substituents is 1. The van der Waals surface area contributed by atoms with Gasteiger partial charge in [0, 0.05) is 41.7 Å². The quantitative estimate of drug-likeness (QED) is 0.0807. The van der Waals surface area contributed by atoms with E-state index in [0.717, 1.165) is 0 Å². The van der Waals surface area contributed by atoms with Crippen LogP contribution in [0.3, 0.4) is 0 Å². The fourth-order valence-electron chi connectivity index (χ4n) is 13.6. The lowest BCUT2D eigenvalue weighted by atomic mass is 9.58. The van der Waals surface area contributed by atoms with Gasteiger partial charge in [-0.1, -0.05) is 30.3 Å². The first-order valence-corrected chi connectivity index (χ1v) is 26.6. The third-order valence-electron chi connectivity index (χ3n) is 17.2. The molecule has 10 rings (SSSR count). The van der Waals surface area contributed by atoms with Crippen LogP contribution in [-0.2, 0) is 38.4 Å². The first-order chi connectivity index (χ1) is 38.8. The highest BCUT2D eigenvalue weighted by Gasteiger charge is 2.65. The molecule has 0 aromatic heterocycles. The zero-order chi connectivity index (χ0) is 59.3. The number of aliphatic hydroxyl groups is 8. The van der Waals surface area contributed by atoms with Gasteiger partial charge in [0.1, 0.15) is 51.4 Å². The fourth-order valence-corrected chi connectivity index (χ4v) is 13.6. The summed E-state index contributed by atoms with van der Waals surface area (Å²) in [5, 5.41) is 105.